The first-order valence-electron chi connectivity index (χ1n) is 8.86. The van der Waals surface area contributed by atoms with Gasteiger partial charge in [0.1, 0.15) is 23.6 Å². The largest absolute Gasteiger partial charge is 0.495 e. The Kier molecular flexibility index (Phi) is 5.16. The van der Waals surface area contributed by atoms with E-state index in [1.807, 2.05) is 49.6 Å². The lowest BCUT2D eigenvalue weighted by Crippen LogP contribution is -2.05. The van der Waals surface area contributed by atoms with Crippen LogP contribution in [0.5, 0.6) is 11.5 Å². The molecule has 7 nitrogen and oxygen atoms in total. The van der Waals surface area contributed by atoms with Crippen LogP contribution in [-0.4, -0.2) is 29.1 Å². The number of oxazole rings is 1. The summed E-state index contributed by atoms with van der Waals surface area (Å²) in [6.45, 7) is 1.09. The molecule has 0 spiro atoms. The predicted octanol–water partition coefficient (Wildman–Crippen LogP) is 3.59. The number of nitrogens with zero attached hydrogens (tertiary/aromatic N) is 3. The molecule has 1 aromatic carbocycles. The highest BCUT2D eigenvalue weighted by molar-refractivity contribution is 5.77. The van der Waals surface area contributed by atoms with Crippen LogP contribution in [0.2, 0.25) is 0 Å². The van der Waals surface area contributed by atoms with E-state index in [1.54, 1.807) is 19.5 Å². The second-order valence-corrected chi connectivity index (χ2v) is 6.24. The number of benzene rings is 1. The standard InChI is InChI=1S/C21H20N4O3/c1-22-9-14-7-15(11-23-10-14)21-25-19-8-17(5-6-20(19)28-21)27-13-16-3-4-18(26-2)12-24-16/h3-8,10-12,22H,9,13H2,1-2H3. The van der Waals surface area contributed by atoms with E-state index in [0.717, 1.165) is 28.9 Å². The molecule has 7 heteroatoms. The summed E-state index contributed by atoms with van der Waals surface area (Å²) in [6, 6.07) is 11.3. The third-order valence-electron chi connectivity index (χ3n) is 4.20. The zero-order valence-electron chi connectivity index (χ0n) is 15.7. The van der Waals surface area contributed by atoms with E-state index >= 15 is 0 Å². The van der Waals surface area contributed by atoms with Gasteiger partial charge in [-0.2, -0.15) is 0 Å². The van der Waals surface area contributed by atoms with E-state index in [9.17, 15) is 0 Å². The fourth-order valence-electron chi connectivity index (χ4n) is 2.80. The summed E-state index contributed by atoms with van der Waals surface area (Å²) < 4.78 is 16.8. The fourth-order valence-corrected chi connectivity index (χ4v) is 2.80. The van der Waals surface area contributed by atoms with E-state index in [-0.39, 0.29) is 0 Å². The van der Waals surface area contributed by atoms with Crippen molar-refractivity contribution in [1.29, 1.82) is 0 Å². The smallest absolute Gasteiger partial charge is 0.228 e. The second-order valence-electron chi connectivity index (χ2n) is 6.24. The lowest BCUT2D eigenvalue weighted by atomic mass is 10.2. The molecule has 0 unspecified atom stereocenters. The molecule has 3 aromatic heterocycles. The number of rotatable bonds is 7. The van der Waals surface area contributed by atoms with Gasteiger partial charge in [-0.25, -0.2) is 4.98 Å². The Morgan fingerprint density at radius 2 is 1.93 bits per heavy atom. The number of methoxy groups -OCH3 is 1. The first-order chi connectivity index (χ1) is 13.7. The Morgan fingerprint density at radius 1 is 1.04 bits per heavy atom. The summed E-state index contributed by atoms with van der Waals surface area (Å²) in [7, 11) is 3.51. The minimum absolute atomic E-state index is 0.357. The average Bonchev–Trinajstić information content (AvgIpc) is 3.16. The van der Waals surface area contributed by atoms with E-state index < -0.39 is 0 Å². The summed E-state index contributed by atoms with van der Waals surface area (Å²) in [5.41, 5.74) is 4.15. The van der Waals surface area contributed by atoms with Crippen molar-refractivity contribution >= 4 is 11.1 Å². The minimum atomic E-state index is 0.357. The molecule has 0 bridgehead atoms. The van der Waals surface area contributed by atoms with Crippen LogP contribution in [0.15, 0.2) is 59.4 Å². The Bertz CT molecular complexity index is 1080. The molecular formula is C21H20N4O3. The van der Waals surface area contributed by atoms with E-state index in [0.29, 0.717) is 29.6 Å². The Morgan fingerprint density at radius 3 is 2.71 bits per heavy atom. The molecule has 0 aliphatic carbocycles. The predicted molar refractivity (Wildman–Crippen MR) is 105 cm³/mol. The highest BCUT2D eigenvalue weighted by Crippen LogP contribution is 2.27. The Balaban J connectivity index is 1.52. The summed E-state index contributed by atoms with van der Waals surface area (Å²) in [5.74, 6) is 1.95. The van der Waals surface area contributed by atoms with Crippen LogP contribution in [0.3, 0.4) is 0 Å². The Labute approximate surface area is 162 Å². The van der Waals surface area contributed by atoms with E-state index in [1.165, 1.54) is 0 Å². The zero-order chi connectivity index (χ0) is 19.3. The molecule has 0 amide bonds. The van der Waals surface area contributed by atoms with Gasteiger partial charge in [0.15, 0.2) is 5.58 Å². The lowest BCUT2D eigenvalue weighted by Gasteiger charge is -2.06. The second kappa shape index (κ2) is 8.06. The molecule has 0 aliphatic heterocycles. The molecule has 142 valence electrons. The maximum atomic E-state index is 5.88. The van der Waals surface area contributed by atoms with Crippen molar-refractivity contribution in [2.24, 2.45) is 0 Å². The molecule has 0 saturated carbocycles. The van der Waals surface area contributed by atoms with Gasteiger partial charge in [-0.15, -0.1) is 0 Å². The normalized spacial score (nSPS) is 10.9. The van der Waals surface area contributed by atoms with Gasteiger partial charge in [0.2, 0.25) is 5.89 Å². The van der Waals surface area contributed by atoms with Crippen LogP contribution < -0.4 is 14.8 Å². The zero-order valence-corrected chi connectivity index (χ0v) is 15.7. The maximum absolute atomic E-state index is 5.88. The highest BCUT2D eigenvalue weighted by Gasteiger charge is 2.10. The van der Waals surface area contributed by atoms with Crippen LogP contribution in [0.1, 0.15) is 11.3 Å². The molecule has 0 aliphatic rings. The molecule has 3 heterocycles. The van der Waals surface area contributed by atoms with Crippen molar-refractivity contribution in [2.45, 2.75) is 13.2 Å². The van der Waals surface area contributed by atoms with Crippen molar-refractivity contribution in [2.75, 3.05) is 14.2 Å². The van der Waals surface area contributed by atoms with Crippen molar-refractivity contribution in [1.82, 2.24) is 20.3 Å². The van der Waals surface area contributed by atoms with Crippen LogP contribution in [0, 0.1) is 0 Å². The molecule has 4 aromatic rings. The number of hydrogen-bond donors (Lipinski definition) is 1. The molecule has 0 saturated heterocycles. The molecule has 0 atom stereocenters. The summed E-state index contributed by atoms with van der Waals surface area (Å²) >= 11 is 0. The first-order valence-corrected chi connectivity index (χ1v) is 8.86. The lowest BCUT2D eigenvalue weighted by molar-refractivity contribution is 0.301. The molecular weight excluding hydrogens is 356 g/mol. The van der Waals surface area contributed by atoms with E-state index in [2.05, 4.69) is 20.3 Å². The fraction of sp³-hybridized carbons (Fsp3) is 0.190. The SMILES string of the molecule is CNCc1cncc(-c2nc3cc(OCc4ccc(OC)cn4)ccc3o2)c1. The number of nitrogens with one attached hydrogen (secondary N) is 1. The summed E-state index contributed by atoms with van der Waals surface area (Å²) in [4.78, 5) is 13.1. The van der Waals surface area contributed by atoms with Crippen molar-refractivity contribution < 1.29 is 13.9 Å². The number of ether oxygens (including phenoxy) is 2. The molecule has 28 heavy (non-hydrogen) atoms. The van der Waals surface area contributed by atoms with Gasteiger partial charge in [-0.1, -0.05) is 0 Å². The highest BCUT2D eigenvalue weighted by atomic mass is 16.5. The molecule has 0 fully saturated rings. The molecule has 0 radical (unpaired) electrons. The number of hydrogen-bond acceptors (Lipinski definition) is 7. The first kappa shape index (κ1) is 17.9. The van der Waals surface area contributed by atoms with Gasteiger partial charge in [-0.3, -0.25) is 9.97 Å². The van der Waals surface area contributed by atoms with Crippen LogP contribution >= 0.6 is 0 Å². The van der Waals surface area contributed by atoms with Crippen molar-refractivity contribution in [3.05, 3.63) is 66.2 Å². The van der Waals surface area contributed by atoms with Gasteiger partial charge >= 0.3 is 0 Å². The van der Waals surface area contributed by atoms with Crippen LogP contribution in [0.4, 0.5) is 0 Å². The quantitative estimate of drug-likeness (QED) is 0.528. The summed E-state index contributed by atoms with van der Waals surface area (Å²) in [6.07, 6.45) is 5.24. The molecule has 4 rings (SSSR count). The third-order valence-corrected chi connectivity index (χ3v) is 4.20. The number of fused-ring (bicyclic) bond motifs is 1. The minimum Gasteiger partial charge on any atom is -0.495 e. The van der Waals surface area contributed by atoms with Crippen LogP contribution in [0.25, 0.3) is 22.6 Å². The van der Waals surface area contributed by atoms with Gasteiger partial charge < -0.3 is 19.2 Å². The van der Waals surface area contributed by atoms with Crippen molar-refractivity contribution in [3.8, 4) is 23.0 Å². The number of aromatic nitrogens is 3. The monoisotopic (exact) mass is 376 g/mol. The average molecular weight is 376 g/mol. The van der Waals surface area contributed by atoms with Gasteiger partial charge in [0.25, 0.3) is 0 Å². The van der Waals surface area contributed by atoms with Gasteiger partial charge in [0.05, 0.1) is 24.6 Å². The maximum Gasteiger partial charge on any atom is 0.228 e. The summed E-state index contributed by atoms with van der Waals surface area (Å²) in [5, 5.41) is 3.11. The third kappa shape index (κ3) is 3.94. The van der Waals surface area contributed by atoms with Gasteiger partial charge in [0, 0.05) is 25.0 Å². The van der Waals surface area contributed by atoms with E-state index in [4.69, 9.17) is 13.9 Å². The molecule has 1 N–H and O–H groups in total. The topological polar surface area (TPSA) is 82.3 Å². The number of pyridine rings is 2. The van der Waals surface area contributed by atoms with Crippen LogP contribution in [-0.2, 0) is 13.2 Å². The van der Waals surface area contributed by atoms with Gasteiger partial charge in [-0.05, 0) is 42.9 Å². The van der Waals surface area contributed by atoms with Crippen molar-refractivity contribution in [3.63, 3.8) is 0 Å². The Hall–Kier alpha value is -3.45.